The summed E-state index contributed by atoms with van der Waals surface area (Å²) in [4.78, 5) is 40.7. The number of amides is 4. The number of hydrogen-bond acceptors (Lipinski definition) is 6. The fraction of sp³-hybridized carbons (Fsp3) is 0.231. The zero-order valence-electron chi connectivity index (χ0n) is 18.7. The molecule has 9 heteroatoms. The standard InChI is InChI=1S/C26H22N4O5/c31-23(16-29-24(32)26(27-25(29)33)12-11-17-5-1-2-7-20(17)26)30-21(22-8-4-14-35-22)15-18(28-30)9-10-19-6-3-13-34-19/h1-10,13-14,21H,11-12,15-16H2,(H,27,33)/b10-9+/t21-,26+/m1/s1. The first-order valence-electron chi connectivity index (χ1n) is 11.4. The van der Waals surface area contributed by atoms with E-state index in [-0.39, 0.29) is 0 Å². The Bertz CT molecular complexity index is 1360. The lowest BCUT2D eigenvalue weighted by atomic mass is 9.92. The van der Waals surface area contributed by atoms with Gasteiger partial charge in [-0.3, -0.25) is 14.5 Å². The van der Waals surface area contributed by atoms with Crippen LogP contribution in [0.15, 0.2) is 81.1 Å². The number of hydrogen-bond donors (Lipinski definition) is 1. The number of urea groups is 1. The lowest BCUT2D eigenvalue weighted by molar-refractivity contribution is -0.140. The van der Waals surface area contributed by atoms with Gasteiger partial charge in [-0.15, -0.1) is 0 Å². The monoisotopic (exact) mass is 470 g/mol. The summed E-state index contributed by atoms with van der Waals surface area (Å²) in [6, 6.07) is 13.7. The normalized spacial score (nSPS) is 23.4. The molecule has 9 nitrogen and oxygen atoms in total. The minimum Gasteiger partial charge on any atom is -0.467 e. The van der Waals surface area contributed by atoms with Crippen molar-refractivity contribution in [1.82, 2.24) is 15.2 Å². The van der Waals surface area contributed by atoms with E-state index in [4.69, 9.17) is 8.83 Å². The summed E-state index contributed by atoms with van der Waals surface area (Å²) in [5.74, 6) is 0.353. The maximum Gasteiger partial charge on any atom is 0.325 e. The summed E-state index contributed by atoms with van der Waals surface area (Å²) < 4.78 is 10.9. The van der Waals surface area contributed by atoms with Gasteiger partial charge in [0.05, 0.1) is 18.2 Å². The van der Waals surface area contributed by atoms with E-state index in [0.29, 0.717) is 36.5 Å². The second kappa shape index (κ2) is 8.12. The number of imide groups is 1. The molecule has 1 fully saturated rings. The van der Waals surface area contributed by atoms with E-state index < -0.39 is 36.0 Å². The van der Waals surface area contributed by atoms with E-state index >= 15 is 0 Å². The summed E-state index contributed by atoms with van der Waals surface area (Å²) in [5.41, 5.74) is 1.37. The summed E-state index contributed by atoms with van der Waals surface area (Å²) in [5, 5.41) is 8.64. The molecule has 4 amide bonds. The number of furan rings is 2. The zero-order chi connectivity index (χ0) is 24.0. The van der Waals surface area contributed by atoms with Crippen LogP contribution in [0.25, 0.3) is 6.08 Å². The van der Waals surface area contributed by atoms with Crippen LogP contribution >= 0.6 is 0 Å². The quantitative estimate of drug-likeness (QED) is 0.573. The molecule has 0 bridgehead atoms. The minimum absolute atomic E-state index is 0.406. The van der Waals surface area contributed by atoms with Crippen molar-refractivity contribution >= 4 is 29.6 Å². The number of nitrogens with one attached hydrogen (secondary N) is 1. The van der Waals surface area contributed by atoms with Crippen LogP contribution in [-0.2, 0) is 21.5 Å². The Morgan fingerprint density at radius 3 is 2.71 bits per heavy atom. The molecular weight excluding hydrogens is 448 g/mol. The number of carbonyl (C=O) groups is 3. The highest BCUT2D eigenvalue weighted by Gasteiger charge is 2.55. The Morgan fingerprint density at radius 2 is 1.91 bits per heavy atom. The minimum atomic E-state index is -1.11. The highest BCUT2D eigenvalue weighted by Crippen LogP contribution is 2.41. The first-order chi connectivity index (χ1) is 17.0. The van der Waals surface area contributed by atoms with Crippen molar-refractivity contribution in [2.24, 2.45) is 5.10 Å². The number of fused-ring (bicyclic) bond motifs is 2. The molecule has 1 N–H and O–H groups in total. The van der Waals surface area contributed by atoms with Gasteiger partial charge in [0.2, 0.25) is 0 Å². The Labute approximate surface area is 200 Å². The summed E-state index contributed by atoms with van der Waals surface area (Å²) >= 11 is 0. The smallest absolute Gasteiger partial charge is 0.325 e. The Morgan fingerprint density at radius 1 is 1.09 bits per heavy atom. The molecule has 1 aliphatic carbocycles. The number of aryl methyl sites for hydroxylation is 1. The second-order valence-electron chi connectivity index (χ2n) is 8.80. The SMILES string of the molecule is O=C1N[C@]2(CCc3ccccc32)C(=O)N1CC(=O)N1N=C(/C=C/c2ccco2)C[C@@H]1c1ccco1. The molecule has 3 aliphatic rings. The van der Waals surface area contributed by atoms with Gasteiger partial charge in [-0.2, -0.15) is 5.10 Å². The fourth-order valence-corrected chi connectivity index (χ4v) is 5.07. The van der Waals surface area contributed by atoms with Gasteiger partial charge < -0.3 is 14.2 Å². The Balaban J connectivity index is 1.25. The molecule has 1 saturated heterocycles. The first-order valence-corrected chi connectivity index (χ1v) is 11.4. The van der Waals surface area contributed by atoms with Crippen LogP contribution in [-0.4, -0.2) is 40.0 Å². The van der Waals surface area contributed by atoms with Crippen molar-refractivity contribution in [3.05, 3.63) is 89.8 Å². The third kappa shape index (κ3) is 3.47. The Kier molecular flexibility index (Phi) is 4.91. The van der Waals surface area contributed by atoms with Crippen LogP contribution in [0.1, 0.15) is 41.5 Å². The number of hydrazone groups is 1. The molecule has 2 aromatic heterocycles. The molecule has 3 aromatic rings. The van der Waals surface area contributed by atoms with Gasteiger partial charge in [0.15, 0.2) is 0 Å². The van der Waals surface area contributed by atoms with Crippen LogP contribution in [0.2, 0.25) is 0 Å². The van der Waals surface area contributed by atoms with Gasteiger partial charge in [0, 0.05) is 6.42 Å². The third-order valence-electron chi connectivity index (χ3n) is 6.76. The molecule has 2 atom stereocenters. The number of carbonyl (C=O) groups excluding carboxylic acids is 3. The van der Waals surface area contributed by atoms with Crippen molar-refractivity contribution in [2.45, 2.75) is 30.8 Å². The number of nitrogens with zero attached hydrogens (tertiary/aromatic N) is 3. The molecule has 6 rings (SSSR count). The van der Waals surface area contributed by atoms with Crippen LogP contribution in [0.3, 0.4) is 0 Å². The van der Waals surface area contributed by atoms with E-state index in [1.165, 1.54) is 11.3 Å². The molecule has 35 heavy (non-hydrogen) atoms. The summed E-state index contributed by atoms with van der Waals surface area (Å²) in [7, 11) is 0. The van der Waals surface area contributed by atoms with Crippen molar-refractivity contribution in [2.75, 3.05) is 6.54 Å². The largest absolute Gasteiger partial charge is 0.467 e. The predicted molar refractivity (Wildman–Crippen MR) is 125 cm³/mol. The van der Waals surface area contributed by atoms with Gasteiger partial charge in [-0.1, -0.05) is 24.3 Å². The average molecular weight is 470 g/mol. The van der Waals surface area contributed by atoms with Crippen molar-refractivity contribution in [3.8, 4) is 0 Å². The van der Waals surface area contributed by atoms with Gasteiger partial charge >= 0.3 is 6.03 Å². The maximum absolute atomic E-state index is 13.5. The highest BCUT2D eigenvalue weighted by atomic mass is 16.3. The van der Waals surface area contributed by atoms with E-state index in [0.717, 1.165) is 16.0 Å². The first kappa shape index (κ1) is 21.2. The highest BCUT2D eigenvalue weighted by molar-refractivity contribution is 6.10. The van der Waals surface area contributed by atoms with Crippen molar-refractivity contribution in [3.63, 3.8) is 0 Å². The topological polar surface area (TPSA) is 108 Å². The van der Waals surface area contributed by atoms with E-state index in [1.54, 1.807) is 36.6 Å². The van der Waals surface area contributed by atoms with Crippen LogP contribution < -0.4 is 5.32 Å². The molecule has 1 spiro atoms. The average Bonchev–Trinajstić information content (AvgIpc) is 3.68. The molecule has 0 saturated carbocycles. The van der Waals surface area contributed by atoms with Gasteiger partial charge in [-0.05, 0) is 60.4 Å². The van der Waals surface area contributed by atoms with Crippen molar-refractivity contribution < 1.29 is 23.2 Å². The molecule has 0 unspecified atom stereocenters. The van der Waals surface area contributed by atoms with E-state index in [2.05, 4.69) is 10.4 Å². The van der Waals surface area contributed by atoms with Crippen molar-refractivity contribution in [1.29, 1.82) is 0 Å². The number of rotatable bonds is 5. The summed E-state index contributed by atoms with van der Waals surface area (Å²) in [6.07, 6.45) is 8.24. The van der Waals surface area contributed by atoms with E-state index in [9.17, 15) is 14.4 Å². The van der Waals surface area contributed by atoms with E-state index in [1.807, 2.05) is 30.3 Å². The Hall–Kier alpha value is -4.40. The predicted octanol–water partition coefficient (Wildman–Crippen LogP) is 3.61. The number of allylic oxidation sites excluding steroid dienone is 1. The van der Waals surface area contributed by atoms with Crippen LogP contribution in [0, 0.1) is 0 Å². The van der Waals surface area contributed by atoms with Crippen LogP contribution in [0.4, 0.5) is 4.79 Å². The molecule has 4 heterocycles. The van der Waals surface area contributed by atoms with Gasteiger partial charge in [0.25, 0.3) is 11.8 Å². The second-order valence-corrected chi connectivity index (χ2v) is 8.80. The fourth-order valence-electron chi connectivity index (χ4n) is 5.07. The van der Waals surface area contributed by atoms with Gasteiger partial charge in [0.1, 0.15) is 29.6 Å². The molecule has 176 valence electrons. The molecule has 1 aromatic carbocycles. The zero-order valence-corrected chi connectivity index (χ0v) is 18.7. The lowest BCUT2D eigenvalue weighted by Gasteiger charge is -2.24. The third-order valence-corrected chi connectivity index (χ3v) is 6.76. The summed E-state index contributed by atoms with van der Waals surface area (Å²) in [6.45, 7) is -0.412. The maximum atomic E-state index is 13.5. The molecule has 0 radical (unpaired) electrons. The molecular formula is C26H22N4O5. The number of benzene rings is 1. The van der Waals surface area contributed by atoms with Crippen LogP contribution in [0.5, 0.6) is 0 Å². The molecule has 2 aliphatic heterocycles. The van der Waals surface area contributed by atoms with Gasteiger partial charge in [-0.25, -0.2) is 9.80 Å². The lowest BCUT2D eigenvalue weighted by Crippen LogP contribution is -2.44.